The Morgan fingerprint density at radius 3 is 2.22 bits per heavy atom. The van der Waals surface area contributed by atoms with Gasteiger partial charge in [-0.05, 0) is 31.9 Å². The summed E-state index contributed by atoms with van der Waals surface area (Å²) in [5, 5.41) is 0. The molecule has 1 amide bonds. The van der Waals surface area contributed by atoms with Gasteiger partial charge in [-0.15, -0.1) is 0 Å². The second-order valence-corrected chi connectivity index (χ2v) is 4.39. The molecule has 0 radical (unpaired) electrons. The van der Waals surface area contributed by atoms with Crippen LogP contribution in [0.3, 0.4) is 0 Å². The minimum atomic E-state index is -0.250. The minimum Gasteiger partial charge on any atom is -0.361 e. The van der Waals surface area contributed by atoms with Gasteiger partial charge < -0.3 is 4.74 Å². The molecule has 0 aliphatic heterocycles. The zero-order valence-electron chi connectivity index (χ0n) is 11.7. The maximum atomic E-state index is 12.6. The van der Waals surface area contributed by atoms with E-state index in [-0.39, 0.29) is 18.1 Å². The van der Waals surface area contributed by atoms with Crippen LogP contribution in [0.25, 0.3) is 0 Å². The fraction of sp³-hybridized carbons (Fsp3) is 0.533. The number of amides is 1. The quantitative estimate of drug-likeness (QED) is 0.723. The van der Waals surface area contributed by atoms with Gasteiger partial charge in [-0.2, -0.15) is 0 Å². The number of anilines is 1. The molecule has 0 bridgehead atoms. The molecule has 1 atom stereocenters. The van der Waals surface area contributed by atoms with E-state index in [9.17, 15) is 4.79 Å². The molecular weight excluding hydrogens is 226 g/mol. The minimum absolute atomic E-state index is 0.0582. The summed E-state index contributed by atoms with van der Waals surface area (Å²) in [7, 11) is 1.63. The lowest BCUT2D eigenvalue weighted by Crippen LogP contribution is -2.43. The number of benzene rings is 1. The van der Waals surface area contributed by atoms with Crippen molar-refractivity contribution in [3.05, 3.63) is 30.3 Å². The van der Waals surface area contributed by atoms with E-state index >= 15 is 0 Å². The molecule has 0 spiro atoms. The highest BCUT2D eigenvalue weighted by Gasteiger charge is 2.26. The lowest BCUT2D eigenvalue weighted by Gasteiger charge is -2.31. The fourth-order valence-electron chi connectivity index (χ4n) is 2.04. The molecule has 0 aliphatic carbocycles. The Bertz CT molecular complexity index is 360. The highest BCUT2D eigenvalue weighted by Crippen LogP contribution is 2.22. The Morgan fingerprint density at radius 1 is 1.22 bits per heavy atom. The lowest BCUT2D eigenvalue weighted by atomic mass is 10.0. The van der Waals surface area contributed by atoms with Crippen LogP contribution in [0.1, 0.15) is 33.6 Å². The van der Waals surface area contributed by atoms with Crippen molar-refractivity contribution in [2.24, 2.45) is 5.92 Å². The van der Waals surface area contributed by atoms with E-state index in [4.69, 9.17) is 4.74 Å². The second-order valence-electron chi connectivity index (χ2n) is 4.39. The molecule has 0 heterocycles. The van der Waals surface area contributed by atoms with E-state index in [2.05, 4.69) is 0 Å². The summed E-state index contributed by atoms with van der Waals surface area (Å²) in [6.07, 6.45) is 1.46. The Hall–Kier alpha value is -1.35. The monoisotopic (exact) mass is 249 g/mol. The topological polar surface area (TPSA) is 29.5 Å². The summed E-state index contributed by atoms with van der Waals surface area (Å²) in [6.45, 7) is 5.99. The van der Waals surface area contributed by atoms with Crippen molar-refractivity contribution in [3.63, 3.8) is 0 Å². The number of methoxy groups -OCH3 is 1. The van der Waals surface area contributed by atoms with Crippen LogP contribution in [0, 0.1) is 5.92 Å². The third kappa shape index (κ3) is 3.33. The van der Waals surface area contributed by atoms with Gasteiger partial charge in [-0.3, -0.25) is 9.69 Å². The van der Waals surface area contributed by atoms with Crippen LogP contribution < -0.4 is 4.90 Å². The van der Waals surface area contributed by atoms with Crippen LogP contribution in [0.2, 0.25) is 0 Å². The van der Waals surface area contributed by atoms with E-state index in [0.717, 1.165) is 18.5 Å². The Labute approximate surface area is 110 Å². The largest absolute Gasteiger partial charge is 0.361 e. The molecule has 1 unspecified atom stereocenters. The average Bonchev–Trinajstić information content (AvgIpc) is 2.41. The third-order valence-corrected chi connectivity index (χ3v) is 3.31. The van der Waals surface area contributed by atoms with E-state index in [0.29, 0.717) is 0 Å². The standard InChI is InChI=1S/C15H23NO2/c1-5-13(6-2)15(17)16(12(3)18-4)14-10-8-7-9-11-14/h7-13H,5-6H2,1-4H3. The molecule has 0 saturated heterocycles. The highest BCUT2D eigenvalue weighted by molar-refractivity contribution is 5.95. The van der Waals surface area contributed by atoms with Gasteiger partial charge in [0.25, 0.3) is 0 Å². The molecule has 0 aromatic heterocycles. The first-order valence-corrected chi connectivity index (χ1v) is 6.56. The van der Waals surface area contributed by atoms with E-state index in [1.165, 1.54) is 0 Å². The molecule has 3 heteroatoms. The predicted octanol–water partition coefficient (Wildman–Crippen LogP) is 3.45. The molecule has 18 heavy (non-hydrogen) atoms. The number of para-hydroxylation sites is 1. The Morgan fingerprint density at radius 2 is 1.78 bits per heavy atom. The zero-order chi connectivity index (χ0) is 13.5. The molecule has 100 valence electrons. The van der Waals surface area contributed by atoms with Crippen molar-refractivity contribution in [3.8, 4) is 0 Å². The van der Waals surface area contributed by atoms with Crippen molar-refractivity contribution in [1.29, 1.82) is 0 Å². The van der Waals surface area contributed by atoms with Gasteiger partial charge in [0.15, 0.2) is 0 Å². The van der Waals surface area contributed by atoms with E-state index in [1.807, 2.05) is 51.1 Å². The maximum Gasteiger partial charge on any atom is 0.232 e. The smallest absolute Gasteiger partial charge is 0.232 e. The lowest BCUT2D eigenvalue weighted by molar-refractivity contribution is -0.124. The van der Waals surface area contributed by atoms with Crippen molar-refractivity contribution < 1.29 is 9.53 Å². The molecular formula is C15H23NO2. The molecule has 3 nitrogen and oxygen atoms in total. The van der Waals surface area contributed by atoms with E-state index in [1.54, 1.807) is 12.0 Å². The van der Waals surface area contributed by atoms with Crippen LogP contribution in [-0.4, -0.2) is 19.2 Å². The van der Waals surface area contributed by atoms with Gasteiger partial charge in [-0.1, -0.05) is 32.0 Å². The van der Waals surface area contributed by atoms with Crippen LogP contribution >= 0.6 is 0 Å². The molecule has 1 rings (SSSR count). The molecule has 0 fully saturated rings. The zero-order valence-corrected chi connectivity index (χ0v) is 11.7. The number of rotatable bonds is 6. The normalized spacial score (nSPS) is 12.5. The number of hydrogen-bond donors (Lipinski definition) is 0. The molecule has 0 N–H and O–H groups in total. The highest BCUT2D eigenvalue weighted by atomic mass is 16.5. The van der Waals surface area contributed by atoms with Crippen LogP contribution in [0.4, 0.5) is 5.69 Å². The molecule has 0 aliphatic rings. The van der Waals surface area contributed by atoms with Gasteiger partial charge in [0, 0.05) is 18.7 Å². The predicted molar refractivity (Wildman–Crippen MR) is 74.5 cm³/mol. The number of carbonyl (C=O) groups excluding carboxylic acids is 1. The molecule has 1 aromatic rings. The van der Waals surface area contributed by atoms with Crippen molar-refractivity contribution in [2.45, 2.75) is 39.8 Å². The number of nitrogens with zero attached hydrogens (tertiary/aromatic N) is 1. The summed E-state index contributed by atoms with van der Waals surface area (Å²) in [5.74, 6) is 0.198. The van der Waals surface area contributed by atoms with Gasteiger partial charge in [0.05, 0.1) is 0 Å². The van der Waals surface area contributed by atoms with E-state index < -0.39 is 0 Å². The third-order valence-electron chi connectivity index (χ3n) is 3.31. The Balaban J connectivity index is 3.03. The summed E-state index contributed by atoms with van der Waals surface area (Å²) >= 11 is 0. The van der Waals surface area contributed by atoms with Crippen molar-refractivity contribution in [2.75, 3.05) is 12.0 Å². The van der Waals surface area contributed by atoms with Crippen LogP contribution in [0.5, 0.6) is 0 Å². The van der Waals surface area contributed by atoms with Crippen molar-refractivity contribution in [1.82, 2.24) is 0 Å². The maximum absolute atomic E-state index is 12.6. The first-order chi connectivity index (χ1) is 8.65. The molecule has 1 aromatic carbocycles. The summed E-state index contributed by atoms with van der Waals surface area (Å²) in [6, 6.07) is 9.70. The number of carbonyl (C=O) groups is 1. The van der Waals surface area contributed by atoms with Crippen LogP contribution in [-0.2, 0) is 9.53 Å². The average molecular weight is 249 g/mol. The summed E-state index contributed by atoms with van der Waals surface area (Å²) in [4.78, 5) is 14.3. The van der Waals surface area contributed by atoms with Gasteiger partial charge in [-0.25, -0.2) is 0 Å². The fourth-order valence-corrected chi connectivity index (χ4v) is 2.04. The Kier molecular flexibility index (Phi) is 5.86. The SMILES string of the molecule is CCC(CC)C(=O)N(c1ccccc1)C(C)OC. The van der Waals surface area contributed by atoms with Gasteiger partial charge in [0.1, 0.15) is 6.23 Å². The summed E-state index contributed by atoms with van der Waals surface area (Å²) in [5.41, 5.74) is 0.892. The number of ether oxygens (including phenoxy) is 1. The van der Waals surface area contributed by atoms with Crippen molar-refractivity contribution >= 4 is 11.6 Å². The van der Waals surface area contributed by atoms with Gasteiger partial charge >= 0.3 is 0 Å². The van der Waals surface area contributed by atoms with Crippen LogP contribution in [0.15, 0.2) is 30.3 Å². The number of hydrogen-bond acceptors (Lipinski definition) is 2. The first kappa shape index (κ1) is 14.7. The second kappa shape index (κ2) is 7.17. The summed E-state index contributed by atoms with van der Waals surface area (Å²) < 4.78 is 5.33. The first-order valence-electron chi connectivity index (χ1n) is 6.56. The molecule has 0 saturated carbocycles. The van der Waals surface area contributed by atoms with Gasteiger partial charge in [0.2, 0.25) is 5.91 Å².